The Balaban J connectivity index is 3.14. The van der Waals surface area contributed by atoms with Gasteiger partial charge in [-0.15, -0.1) is 0 Å². The van der Waals surface area contributed by atoms with Crippen molar-refractivity contribution in [2.75, 3.05) is 6.54 Å². The van der Waals surface area contributed by atoms with E-state index in [1.165, 1.54) is 12.1 Å². The molecule has 0 fully saturated rings. The highest BCUT2D eigenvalue weighted by Gasteiger charge is 2.16. The zero-order valence-electron chi connectivity index (χ0n) is 7.11. The van der Waals surface area contributed by atoms with Crippen molar-refractivity contribution in [2.45, 2.75) is 6.17 Å². The van der Waals surface area contributed by atoms with Crippen LogP contribution in [0.4, 0.5) is 10.1 Å². The third-order valence-electron chi connectivity index (χ3n) is 1.73. The van der Waals surface area contributed by atoms with Crippen molar-refractivity contribution in [3.05, 3.63) is 38.9 Å². The molecule has 1 atom stereocenters. The van der Waals surface area contributed by atoms with Crippen LogP contribution in [0.3, 0.4) is 0 Å². The molecule has 0 aromatic heterocycles. The van der Waals surface area contributed by atoms with Crippen LogP contribution in [0, 0.1) is 10.1 Å². The quantitative estimate of drug-likeness (QED) is 0.625. The first-order chi connectivity index (χ1) is 6.56. The number of rotatable bonds is 3. The zero-order valence-corrected chi connectivity index (χ0v) is 7.87. The lowest BCUT2D eigenvalue weighted by atomic mass is 10.1. The third-order valence-corrected chi connectivity index (χ3v) is 2.08. The number of nitrogens with zero attached hydrogens (tertiary/aromatic N) is 1. The highest BCUT2D eigenvalue weighted by Crippen LogP contribution is 2.28. The van der Waals surface area contributed by atoms with Gasteiger partial charge in [0.25, 0.3) is 5.69 Å². The monoisotopic (exact) mass is 218 g/mol. The summed E-state index contributed by atoms with van der Waals surface area (Å²) in [6.07, 6.45) is -1.47. The Bertz CT molecular complexity index is 359. The van der Waals surface area contributed by atoms with Crippen LogP contribution in [0.1, 0.15) is 11.7 Å². The molecular weight excluding hydrogens is 211 g/mol. The summed E-state index contributed by atoms with van der Waals surface area (Å²) in [4.78, 5) is 9.78. The first-order valence-corrected chi connectivity index (χ1v) is 4.22. The summed E-state index contributed by atoms with van der Waals surface area (Å²) >= 11 is 5.66. The predicted molar refractivity (Wildman–Crippen MR) is 51.0 cm³/mol. The average molecular weight is 219 g/mol. The van der Waals surface area contributed by atoms with Gasteiger partial charge in [0.05, 0.1) is 4.92 Å². The molecule has 0 aliphatic carbocycles. The number of alkyl halides is 1. The maximum absolute atomic E-state index is 13.1. The van der Waals surface area contributed by atoms with Crippen molar-refractivity contribution in [1.82, 2.24) is 0 Å². The molecule has 0 aliphatic rings. The van der Waals surface area contributed by atoms with Gasteiger partial charge in [-0.05, 0) is 6.07 Å². The van der Waals surface area contributed by atoms with Gasteiger partial charge in [-0.25, -0.2) is 4.39 Å². The number of nitro benzene ring substituents is 1. The minimum atomic E-state index is -1.47. The van der Waals surface area contributed by atoms with E-state index in [9.17, 15) is 14.5 Å². The summed E-state index contributed by atoms with van der Waals surface area (Å²) < 4.78 is 13.1. The van der Waals surface area contributed by atoms with E-state index in [4.69, 9.17) is 17.3 Å². The fraction of sp³-hybridized carbons (Fsp3) is 0.250. The zero-order chi connectivity index (χ0) is 10.7. The first kappa shape index (κ1) is 10.9. The largest absolute Gasteiger partial charge is 0.327 e. The predicted octanol–water partition coefficient (Wildman–Crippen LogP) is 2.22. The van der Waals surface area contributed by atoms with Gasteiger partial charge < -0.3 is 5.73 Å². The molecule has 0 heterocycles. The number of benzene rings is 1. The molecular formula is C8H8ClFN2O2. The lowest BCUT2D eigenvalue weighted by Crippen LogP contribution is -2.08. The van der Waals surface area contributed by atoms with Crippen LogP contribution in [0.25, 0.3) is 0 Å². The molecule has 14 heavy (non-hydrogen) atoms. The van der Waals surface area contributed by atoms with Gasteiger partial charge >= 0.3 is 0 Å². The van der Waals surface area contributed by atoms with E-state index in [1.807, 2.05) is 0 Å². The van der Waals surface area contributed by atoms with Gasteiger partial charge in [0.2, 0.25) is 0 Å². The molecule has 4 nitrogen and oxygen atoms in total. The van der Waals surface area contributed by atoms with Gasteiger partial charge in [0.1, 0.15) is 6.17 Å². The Labute approximate surface area is 84.6 Å². The van der Waals surface area contributed by atoms with Crippen molar-refractivity contribution < 1.29 is 9.31 Å². The number of hydrogen-bond donors (Lipinski definition) is 1. The molecule has 1 aromatic carbocycles. The van der Waals surface area contributed by atoms with E-state index in [-0.39, 0.29) is 22.8 Å². The van der Waals surface area contributed by atoms with E-state index in [2.05, 4.69) is 0 Å². The van der Waals surface area contributed by atoms with Crippen LogP contribution < -0.4 is 5.73 Å². The standard InChI is InChI=1S/C8H8ClFN2O2/c9-7-2-1-5(12(13)14)3-6(7)8(10)4-11/h1-3,8H,4,11H2. The van der Waals surface area contributed by atoms with Crippen molar-refractivity contribution in [3.8, 4) is 0 Å². The van der Waals surface area contributed by atoms with Gasteiger partial charge in [0, 0.05) is 29.3 Å². The topological polar surface area (TPSA) is 69.2 Å². The molecule has 6 heteroatoms. The van der Waals surface area contributed by atoms with Crippen LogP contribution in [0.5, 0.6) is 0 Å². The first-order valence-electron chi connectivity index (χ1n) is 3.84. The lowest BCUT2D eigenvalue weighted by molar-refractivity contribution is -0.385. The highest BCUT2D eigenvalue weighted by molar-refractivity contribution is 6.31. The third kappa shape index (κ3) is 2.18. The SMILES string of the molecule is NCC(F)c1cc([N+](=O)[O-])ccc1Cl. The fourth-order valence-corrected chi connectivity index (χ4v) is 1.25. The molecule has 76 valence electrons. The fourth-order valence-electron chi connectivity index (χ4n) is 1.01. The summed E-state index contributed by atoms with van der Waals surface area (Å²) in [5.74, 6) is 0. The van der Waals surface area contributed by atoms with E-state index >= 15 is 0 Å². The Hall–Kier alpha value is -1.20. The molecule has 1 aromatic rings. The minimum Gasteiger partial charge on any atom is -0.327 e. The minimum absolute atomic E-state index is 0.0587. The van der Waals surface area contributed by atoms with Crippen LogP contribution in [-0.2, 0) is 0 Å². The molecule has 0 saturated heterocycles. The normalized spacial score (nSPS) is 12.5. The Morgan fingerprint density at radius 1 is 1.64 bits per heavy atom. The molecule has 0 saturated carbocycles. The van der Waals surface area contributed by atoms with Crippen LogP contribution in [0.2, 0.25) is 5.02 Å². The molecule has 2 N–H and O–H groups in total. The summed E-state index contributed by atoms with van der Waals surface area (Å²) in [7, 11) is 0. The summed E-state index contributed by atoms with van der Waals surface area (Å²) in [5.41, 5.74) is 4.96. The van der Waals surface area contributed by atoms with E-state index in [0.717, 1.165) is 6.07 Å². The average Bonchev–Trinajstić information content (AvgIpc) is 2.17. The van der Waals surface area contributed by atoms with Crippen molar-refractivity contribution in [3.63, 3.8) is 0 Å². The molecule has 0 amide bonds. The van der Waals surface area contributed by atoms with E-state index in [1.54, 1.807) is 0 Å². The number of hydrogen-bond acceptors (Lipinski definition) is 3. The molecule has 0 radical (unpaired) electrons. The maximum atomic E-state index is 13.1. The molecule has 1 rings (SSSR count). The van der Waals surface area contributed by atoms with Crippen LogP contribution in [-0.4, -0.2) is 11.5 Å². The summed E-state index contributed by atoms with van der Waals surface area (Å²) in [5, 5.41) is 10.5. The van der Waals surface area contributed by atoms with Crippen molar-refractivity contribution in [1.29, 1.82) is 0 Å². The Morgan fingerprint density at radius 3 is 2.79 bits per heavy atom. The van der Waals surface area contributed by atoms with E-state index in [0.29, 0.717) is 0 Å². The summed E-state index contributed by atoms with van der Waals surface area (Å²) in [6.45, 7) is -0.249. The van der Waals surface area contributed by atoms with Gasteiger partial charge in [0.15, 0.2) is 0 Å². The maximum Gasteiger partial charge on any atom is 0.269 e. The van der Waals surface area contributed by atoms with Gasteiger partial charge in [-0.2, -0.15) is 0 Å². The Kier molecular flexibility index (Phi) is 3.38. The molecule has 1 unspecified atom stereocenters. The van der Waals surface area contributed by atoms with Crippen LogP contribution in [0.15, 0.2) is 18.2 Å². The summed E-state index contributed by atoms with van der Waals surface area (Å²) in [6, 6.07) is 3.60. The second-order valence-electron chi connectivity index (χ2n) is 2.67. The second kappa shape index (κ2) is 4.34. The smallest absolute Gasteiger partial charge is 0.269 e. The van der Waals surface area contributed by atoms with Crippen LogP contribution >= 0.6 is 11.6 Å². The van der Waals surface area contributed by atoms with Crippen molar-refractivity contribution in [2.24, 2.45) is 5.73 Å². The second-order valence-corrected chi connectivity index (χ2v) is 3.07. The van der Waals surface area contributed by atoms with E-state index < -0.39 is 11.1 Å². The number of nitrogens with two attached hydrogens (primary N) is 1. The highest BCUT2D eigenvalue weighted by atomic mass is 35.5. The van der Waals surface area contributed by atoms with Gasteiger partial charge in [-0.3, -0.25) is 10.1 Å². The number of halogens is 2. The number of non-ortho nitro benzene ring substituents is 1. The molecule has 0 spiro atoms. The number of nitro groups is 1. The van der Waals surface area contributed by atoms with Crippen molar-refractivity contribution >= 4 is 17.3 Å². The molecule has 0 bridgehead atoms. The molecule has 0 aliphatic heterocycles. The van der Waals surface area contributed by atoms with Gasteiger partial charge in [-0.1, -0.05) is 11.6 Å². The Morgan fingerprint density at radius 2 is 2.29 bits per heavy atom. The lowest BCUT2D eigenvalue weighted by Gasteiger charge is -2.06.